The van der Waals surface area contributed by atoms with Crippen molar-refractivity contribution in [2.45, 2.75) is 12.0 Å². The van der Waals surface area contributed by atoms with Crippen molar-refractivity contribution in [3.63, 3.8) is 0 Å². The summed E-state index contributed by atoms with van der Waals surface area (Å²) in [6, 6.07) is 23.5. The molecule has 110 valence electrons. The maximum atomic E-state index is 6.17. The molecule has 0 aromatic heterocycles. The Morgan fingerprint density at radius 1 is 0.783 bits per heavy atom. The molecule has 0 amide bonds. The lowest BCUT2D eigenvalue weighted by molar-refractivity contribution is 0.269. The van der Waals surface area contributed by atoms with Gasteiger partial charge in [-0.2, -0.15) is 0 Å². The fraction of sp³-hybridized carbons (Fsp3) is 0.0909. The average Bonchev–Trinajstić information content (AvgIpc) is 2.97. The van der Waals surface area contributed by atoms with Gasteiger partial charge in [0.1, 0.15) is 11.9 Å². The van der Waals surface area contributed by atoms with E-state index in [9.17, 15) is 0 Å². The highest BCUT2D eigenvalue weighted by Crippen LogP contribution is 2.45. The molecule has 0 radical (unpaired) electrons. The molecule has 0 N–H and O–H groups in total. The molecule has 3 aromatic rings. The third-order valence-electron chi connectivity index (χ3n) is 4.79. The van der Waals surface area contributed by atoms with E-state index in [0.29, 0.717) is 5.92 Å². The van der Waals surface area contributed by atoms with Gasteiger partial charge in [-0.05, 0) is 40.1 Å². The van der Waals surface area contributed by atoms with E-state index in [-0.39, 0.29) is 6.10 Å². The number of allylic oxidation sites excluding steroid dienone is 2. The Bertz CT molecular complexity index is 950. The molecule has 3 aromatic carbocycles. The van der Waals surface area contributed by atoms with Crippen LogP contribution < -0.4 is 4.74 Å². The third kappa shape index (κ3) is 2.01. The van der Waals surface area contributed by atoms with Crippen LogP contribution >= 0.6 is 0 Å². The van der Waals surface area contributed by atoms with Crippen LogP contribution in [0.4, 0.5) is 0 Å². The van der Waals surface area contributed by atoms with Crippen LogP contribution in [-0.2, 0) is 0 Å². The van der Waals surface area contributed by atoms with Crippen molar-refractivity contribution >= 4 is 16.3 Å². The van der Waals surface area contributed by atoms with Crippen LogP contribution in [0.3, 0.4) is 0 Å². The van der Waals surface area contributed by atoms with Gasteiger partial charge in [0.2, 0.25) is 0 Å². The molecule has 0 bridgehead atoms. The normalized spacial score (nSPS) is 21.5. The standard InChI is InChI=1S/C22H16O/c1-2-6-15(7-3-1)18-10-11-21-19(13-18)20-12-16-8-4-5-9-17(16)14-22(20)23-21/h1-14,19,21H. The Kier molecular flexibility index (Phi) is 2.68. The zero-order chi connectivity index (χ0) is 15.2. The first-order valence-electron chi connectivity index (χ1n) is 8.03. The first-order valence-corrected chi connectivity index (χ1v) is 8.03. The fourth-order valence-corrected chi connectivity index (χ4v) is 3.61. The summed E-state index contributed by atoms with van der Waals surface area (Å²) in [5.74, 6) is 1.32. The minimum Gasteiger partial charge on any atom is -0.485 e. The van der Waals surface area contributed by atoms with Gasteiger partial charge in [0, 0.05) is 11.5 Å². The molecule has 1 heterocycles. The number of rotatable bonds is 1. The van der Waals surface area contributed by atoms with Crippen LogP contribution in [0.1, 0.15) is 17.0 Å². The summed E-state index contributed by atoms with van der Waals surface area (Å²) >= 11 is 0. The van der Waals surface area contributed by atoms with E-state index in [1.54, 1.807) is 0 Å². The summed E-state index contributed by atoms with van der Waals surface area (Å²) in [4.78, 5) is 0. The van der Waals surface area contributed by atoms with Gasteiger partial charge in [0.05, 0.1) is 0 Å². The van der Waals surface area contributed by atoms with Crippen molar-refractivity contribution in [1.82, 2.24) is 0 Å². The van der Waals surface area contributed by atoms with Crippen LogP contribution in [0.15, 0.2) is 85.0 Å². The monoisotopic (exact) mass is 296 g/mol. The summed E-state index contributed by atoms with van der Waals surface area (Å²) in [5.41, 5.74) is 3.83. The highest BCUT2D eigenvalue weighted by atomic mass is 16.5. The lowest BCUT2D eigenvalue weighted by atomic mass is 9.86. The van der Waals surface area contributed by atoms with Crippen LogP contribution in [0.2, 0.25) is 0 Å². The van der Waals surface area contributed by atoms with E-state index >= 15 is 0 Å². The predicted octanol–water partition coefficient (Wildman–Crippen LogP) is 5.34. The number of ether oxygens (including phenoxy) is 1. The first kappa shape index (κ1) is 12.7. The number of fused-ring (bicyclic) bond motifs is 4. The van der Waals surface area contributed by atoms with Gasteiger partial charge in [-0.1, -0.05) is 66.7 Å². The molecule has 5 rings (SSSR count). The lowest BCUT2D eigenvalue weighted by Gasteiger charge is -2.18. The predicted molar refractivity (Wildman–Crippen MR) is 94.7 cm³/mol. The topological polar surface area (TPSA) is 9.23 Å². The highest BCUT2D eigenvalue weighted by molar-refractivity contribution is 5.86. The largest absolute Gasteiger partial charge is 0.485 e. The summed E-state index contributed by atoms with van der Waals surface area (Å²) < 4.78 is 6.17. The maximum absolute atomic E-state index is 6.17. The summed E-state index contributed by atoms with van der Waals surface area (Å²) in [7, 11) is 0. The summed E-state index contributed by atoms with van der Waals surface area (Å²) in [5, 5.41) is 2.51. The average molecular weight is 296 g/mol. The van der Waals surface area contributed by atoms with Crippen molar-refractivity contribution in [3.8, 4) is 5.75 Å². The zero-order valence-corrected chi connectivity index (χ0v) is 12.6. The van der Waals surface area contributed by atoms with Crippen molar-refractivity contribution in [3.05, 3.63) is 96.1 Å². The molecule has 1 nitrogen and oxygen atoms in total. The van der Waals surface area contributed by atoms with Crippen molar-refractivity contribution in [2.75, 3.05) is 0 Å². The second kappa shape index (κ2) is 4.85. The number of benzene rings is 3. The minimum absolute atomic E-state index is 0.120. The molecule has 2 unspecified atom stereocenters. The van der Waals surface area contributed by atoms with E-state index in [1.807, 2.05) is 0 Å². The van der Waals surface area contributed by atoms with Gasteiger partial charge in [-0.25, -0.2) is 0 Å². The van der Waals surface area contributed by atoms with E-state index in [4.69, 9.17) is 4.74 Å². The molecule has 1 aliphatic heterocycles. The van der Waals surface area contributed by atoms with Gasteiger partial charge in [-0.15, -0.1) is 0 Å². The summed E-state index contributed by atoms with van der Waals surface area (Å²) in [6.07, 6.45) is 6.84. The molecule has 1 heteroatoms. The molecule has 23 heavy (non-hydrogen) atoms. The first-order chi connectivity index (χ1) is 11.4. The minimum atomic E-state index is 0.120. The Balaban J connectivity index is 1.63. The van der Waals surface area contributed by atoms with Crippen molar-refractivity contribution in [1.29, 1.82) is 0 Å². The van der Waals surface area contributed by atoms with E-state index in [0.717, 1.165) is 5.75 Å². The number of hydrogen-bond acceptors (Lipinski definition) is 1. The SMILES string of the molecule is C1=CC2Oc3cc4ccccc4cc3C2C=C1c1ccccc1. The molecule has 0 saturated heterocycles. The Hall–Kier alpha value is -2.80. The molecule has 2 aliphatic rings. The van der Waals surface area contributed by atoms with Crippen LogP contribution in [0, 0.1) is 0 Å². The number of hydrogen-bond donors (Lipinski definition) is 0. The van der Waals surface area contributed by atoms with Crippen molar-refractivity contribution < 1.29 is 4.74 Å². The molecular formula is C22H16O. The van der Waals surface area contributed by atoms with Crippen LogP contribution in [0.5, 0.6) is 5.75 Å². The Labute approximate surface area is 135 Å². The van der Waals surface area contributed by atoms with E-state index in [1.165, 1.54) is 27.5 Å². The second-order valence-electron chi connectivity index (χ2n) is 6.19. The van der Waals surface area contributed by atoms with Gasteiger partial charge < -0.3 is 4.74 Å². The molecule has 0 saturated carbocycles. The summed E-state index contributed by atoms with van der Waals surface area (Å²) in [6.45, 7) is 0. The maximum Gasteiger partial charge on any atom is 0.128 e. The lowest BCUT2D eigenvalue weighted by Crippen LogP contribution is -2.16. The zero-order valence-electron chi connectivity index (χ0n) is 12.6. The second-order valence-corrected chi connectivity index (χ2v) is 6.19. The van der Waals surface area contributed by atoms with Crippen LogP contribution in [-0.4, -0.2) is 6.10 Å². The van der Waals surface area contributed by atoms with E-state index < -0.39 is 0 Å². The van der Waals surface area contributed by atoms with Gasteiger partial charge in [-0.3, -0.25) is 0 Å². The van der Waals surface area contributed by atoms with Crippen LogP contribution in [0.25, 0.3) is 16.3 Å². The van der Waals surface area contributed by atoms with E-state index in [2.05, 4.69) is 85.0 Å². The van der Waals surface area contributed by atoms with Gasteiger partial charge >= 0.3 is 0 Å². The molecule has 1 aliphatic carbocycles. The molecule has 2 atom stereocenters. The molecule has 0 spiro atoms. The molecular weight excluding hydrogens is 280 g/mol. The fourth-order valence-electron chi connectivity index (χ4n) is 3.61. The molecule has 0 fully saturated rings. The van der Waals surface area contributed by atoms with Gasteiger partial charge in [0.15, 0.2) is 0 Å². The van der Waals surface area contributed by atoms with Crippen molar-refractivity contribution in [2.24, 2.45) is 0 Å². The van der Waals surface area contributed by atoms with Gasteiger partial charge in [0.25, 0.3) is 0 Å². The highest BCUT2D eigenvalue weighted by Gasteiger charge is 2.33. The Morgan fingerprint density at radius 3 is 2.35 bits per heavy atom. The quantitative estimate of drug-likeness (QED) is 0.589. The Morgan fingerprint density at radius 2 is 1.52 bits per heavy atom. The smallest absolute Gasteiger partial charge is 0.128 e. The third-order valence-corrected chi connectivity index (χ3v) is 4.79.